The van der Waals surface area contributed by atoms with Crippen molar-refractivity contribution in [2.75, 3.05) is 18.4 Å². The molecule has 2 aromatic rings. The molecule has 0 aliphatic heterocycles. The summed E-state index contributed by atoms with van der Waals surface area (Å²) >= 11 is 1.56. The lowest BCUT2D eigenvalue weighted by Gasteiger charge is -2.07. The van der Waals surface area contributed by atoms with Crippen LogP contribution in [0.4, 0.5) is 5.82 Å². The van der Waals surface area contributed by atoms with E-state index in [1.165, 1.54) is 0 Å². The number of carbonyl (C=O) groups is 1. The van der Waals surface area contributed by atoms with E-state index in [9.17, 15) is 4.79 Å². The lowest BCUT2D eigenvalue weighted by molar-refractivity contribution is 0.0954. The van der Waals surface area contributed by atoms with E-state index in [1.54, 1.807) is 35.2 Å². The summed E-state index contributed by atoms with van der Waals surface area (Å²) in [6, 6.07) is 3.49. The highest BCUT2D eigenvalue weighted by molar-refractivity contribution is 7.07. The summed E-state index contributed by atoms with van der Waals surface area (Å²) in [5.74, 6) is 0.654. The zero-order valence-electron chi connectivity index (χ0n) is 11.4. The Morgan fingerprint density at radius 2 is 2.25 bits per heavy atom. The van der Waals surface area contributed by atoms with Gasteiger partial charge in [-0.3, -0.25) is 4.79 Å². The highest BCUT2D eigenvalue weighted by Crippen LogP contribution is 2.07. The van der Waals surface area contributed by atoms with E-state index >= 15 is 0 Å². The molecule has 2 aromatic heterocycles. The molecule has 1 amide bonds. The van der Waals surface area contributed by atoms with Crippen LogP contribution in [0, 0.1) is 0 Å². The van der Waals surface area contributed by atoms with Crippen molar-refractivity contribution >= 4 is 23.1 Å². The molecule has 0 bridgehead atoms. The summed E-state index contributed by atoms with van der Waals surface area (Å²) in [5.41, 5.74) is 3.43. The van der Waals surface area contributed by atoms with E-state index in [0.29, 0.717) is 12.1 Å². The second kappa shape index (κ2) is 7.59. The first-order valence-electron chi connectivity index (χ1n) is 6.64. The SMILES string of the molecule is CCCNc1cc(C(=O)NCCc2cscn2)ccn1. The van der Waals surface area contributed by atoms with Crippen LogP contribution in [0.3, 0.4) is 0 Å². The average Bonchev–Trinajstić information content (AvgIpc) is 2.98. The molecule has 0 fully saturated rings. The molecule has 5 nitrogen and oxygen atoms in total. The second-order valence-electron chi connectivity index (χ2n) is 4.34. The van der Waals surface area contributed by atoms with Gasteiger partial charge in [0.2, 0.25) is 0 Å². The summed E-state index contributed by atoms with van der Waals surface area (Å²) in [6.45, 7) is 3.52. The van der Waals surface area contributed by atoms with Crippen molar-refractivity contribution in [3.05, 3.63) is 40.5 Å². The fourth-order valence-electron chi connectivity index (χ4n) is 1.69. The minimum absolute atomic E-state index is 0.0813. The van der Waals surface area contributed by atoms with Gasteiger partial charge in [-0.15, -0.1) is 11.3 Å². The minimum atomic E-state index is -0.0813. The number of thiazole rings is 1. The molecule has 0 unspecified atom stereocenters. The third kappa shape index (κ3) is 4.31. The molecule has 2 N–H and O–H groups in total. The number of rotatable bonds is 7. The lowest BCUT2D eigenvalue weighted by atomic mass is 10.2. The molecule has 0 spiro atoms. The Balaban J connectivity index is 1.85. The van der Waals surface area contributed by atoms with Gasteiger partial charge in [0.1, 0.15) is 5.82 Å². The van der Waals surface area contributed by atoms with Crippen molar-refractivity contribution in [2.24, 2.45) is 0 Å². The molecule has 2 heterocycles. The van der Waals surface area contributed by atoms with Gasteiger partial charge >= 0.3 is 0 Å². The van der Waals surface area contributed by atoms with Gasteiger partial charge in [-0.25, -0.2) is 9.97 Å². The number of anilines is 1. The van der Waals surface area contributed by atoms with E-state index < -0.39 is 0 Å². The van der Waals surface area contributed by atoms with Crippen molar-refractivity contribution in [3.8, 4) is 0 Å². The summed E-state index contributed by atoms with van der Waals surface area (Å²) in [7, 11) is 0. The van der Waals surface area contributed by atoms with Crippen LogP contribution in [0.25, 0.3) is 0 Å². The summed E-state index contributed by atoms with van der Waals surface area (Å²) in [4.78, 5) is 20.4. The number of hydrogen-bond donors (Lipinski definition) is 2. The molecule has 0 saturated heterocycles. The zero-order chi connectivity index (χ0) is 14.2. The van der Waals surface area contributed by atoms with E-state index in [4.69, 9.17) is 0 Å². The summed E-state index contributed by atoms with van der Waals surface area (Å²) in [5, 5.41) is 8.05. The Labute approximate surface area is 122 Å². The van der Waals surface area contributed by atoms with Gasteiger partial charge in [0, 0.05) is 36.7 Å². The van der Waals surface area contributed by atoms with Gasteiger partial charge in [-0.05, 0) is 18.6 Å². The third-order valence-electron chi connectivity index (χ3n) is 2.73. The minimum Gasteiger partial charge on any atom is -0.370 e. The number of hydrogen-bond acceptors (Lipinski definition) is 5. The van der Waals surface area contributed by atoms with Crippen LogP contribution >= 0.6 is 11.3 Å². The fourth-order valence-corrected chi connectivity index (χ4v) is 2.28. The largest absolute Gasteiger partial charge is 0.370 e. The van der Waals surface area contributed by atoms with Gasteiger partial charge in [0.05, 0.1) is 11.2 Å². The first kappa shape index (κ1) is 14.5. The van der Waals surface area contributed by atoms with Crippen molar-refractivity contribution < 1.29 is 4.79 Å². The fraction of sp³-hybridized carbons (Fsp3) is 0.357. The lowest BCUT2D eigenvalue weighted by Crippen LogP contribution is -2.25. The third-order valence-corrected chi connectivity index (χ3v) is 3.36. The van der Waals surface area contributed by atoms with E-state index in [0.717, 1.165) is 30.9 Å². The van der Waals surface area contributed by atoms with Gasteiger partial charge < -0.3 is 10.6 Å². The summed E-state index contributed by atoms with van der Waals surface area (Å²) < 4.78 is 0. The monoisotopic (exact) mass is 290 g/mol. The molecule has 0 aliphatic carbocycles. The molecule has 0 aromatic carbocycles. The Bertz CT molecular complexity index is 542. The van der Waals surface area contributed by atoms with Gasteiger partial charge in [-0.2, -0.15) is 0 Å². The van der Waals surface area contributed by atoms with Crippen molar-refractivity contribution in [1.82, 2.24) is 15.3 Å². The number of carbonyl (C=O) groups excluding carboxylic acids is 1. The maximum atomic E-state index is 12.0. The molecule has 0 saturated carbocycles. The predicted molar refractivity (Wildman–Crippen MR) is 81.2 cm³/mol. The topological polar surface area (TPSA) is 66.9 Å². The van der Waals surface area contributed by atoms with Crippen LogP contribution in [0.1, 0.15) is 29.4 Å². The Morgan fingerprint density at radius 3 is 3.00 bits per heavy atom. The highest BCUT2D eigenvalue weighted by atomic mass is 32.1. The normalized spacial score (nSPS) is 10.2. The van der Waals surface area contributed by atoms with Crippen LogP contribution in [0.5, 0.6) is 0 Å². The smallest absolute Gasteiger partial charge is 0.251 e. The number of nitrogens with one attached hydrogen (secondary N) is 2. The van der Waals surface area contributed by atoms with E-state index in [1.807, 2.05) is 5.38 Å². The molecule has 0 radical (unpaired) electrons. The van der Waals surface area contributed by atoms with Crippen molar-refractivity contribution in [2.45, 2.75) is 19.8 Å². The van der Waals surface area contributed by atoms with Gasteiger partial charge in [-0.1, -0.05) is 6.92 Å². The molecule has 106 valence electrons. The standard InChI is InChI=1S/C14H18N4OS/c1-2-5-15-13-8-11(3-6-16-13)14(19)17-7-4-12-9-20-10-18-12/h3,6,8-10H,2,4-5,7H2,1H3,(H,15,16)(H,17,19). The predicted octanol–water partition coefficient (Wildman–Crippen LogP) is 2.33. The molecule has 0 atom stereocenters. The number of amides is 1. The number of nitrogens with zero attached hydrogens (tertiary/aromatic N) is 2. The van der Waals surface area contributed by atoms with E-state index in [-0.39, 0.29) is 5.91 Å². The molecular weight excluding hydrogens is 272 g/mol. The Morgan fingerprint density at radius 1 is 1.35 bits per heavy atom. The molecular formula is C14H18N4OS. The average molecular weight is 290 g/mol. The number of aromatic nitrogens is 2. The first-order chi connectivity index (χ1) is 9.79. The first-order valence-corrected chi connectivity index (χ1v) is 7.59. The second-order valence-corrected chi connectivity index (χ2v) is 5.06. The van der Waals surface area contributed by atoms with Crippen LogP contribution in [-0.2, 0) is 6.42 Å². The van der Waals surface area contributed by atoms with Crippen LogP contribution < -0.4 is 10.6 Å². The Hall–Kier alpha value is -1.95. The molecule has 6 heteroatoms. The maximum Gasteiger partial charge on any atom is 0.251 e. The molecule has 2 rings (SSSR count). The quantitative estimate of drug-likeness (QED) is 0.821. The number of pyridine rings is 1. The highest BCUT2D eigenvalue weighted by Gasteiger charge is 2.06. The molecule has 0 aliphatic rings. The van der Waals surface area contributed by atoms with Crippen LogP contribution in [0.15, 0.2) is 29.2 Å². The Kier molecular flexibility index (Phi) is 5.49. The van der Waals surface area contributed by atoms with Crippen molar-refractivity contribution in [3.63, 3.8) is 0 Å². The summed E-state index contributed by atoms with van der Waals surface area (Å²) in [6.07, 6.45) is 3.42. The maximum absolute atomic E-state index is 12.0. The van der Waals surface area contributed by atoms with Crippen LogP contribution in [0.2, 0.25) is 0 Å². The van der Waals surface area contributed by atoms with Gasteiger partial charge in [0.25, 0.3) is 5.91 Å². The zero-order valence-corrected chi connectivity index (χ0v) is 12.2. The van der Waals surface area contributed by atoms with Gasteiger partial charge in [0.15, 0.2) is 0 Å². The molecule has 20 heavy (non-hydrogen) atoms. The van der Waals surface area contributed by atoms with E-state index in [2.05, 4.69) is 27.5 Å². The van der Waals surface area contributed by atoms with Crippen LogP contribution in [-0.4, -0.2) is 29.0 Å². The van der Waals surface area contributed by atoms with Crippen molar-refractivity contribution in [1.29, 1.82) is 0 Å².